The van der Waals surface area contributed by atoms with Crippen LogP contribution >= 0.6 is 0 Å². The highest BCUT2D eigenvalue weighted by atomic mass is 17.2. The van der Waals surface area contributed by atoms with Crippen molar-refractivity contribution in [1.82, 2.24) is 0 Å². The molecule has 1 unspecified atom stereocenters. The van der Waals surface area contributed by atoms with Gasteiger partial charge in [0.1, 0.15) is 0 Å². The van der Waals surface area contributed by atoms with E-state index in [1.807, 2.05) is 32.0 Å². The van der Waals surface area contributed by atoms with Crippen LogP contribution in [0.1, 0.15) is 46.6 Å². The molecule has 2 heteroatoms. The van der Waals surface area contributed by atoms with Crippen LogP contribution in [0.4, 0.5) is 0 Å². The fourth-order valence-electron chi connectivity index (χ4n) is 1.80. The summed E-state index contributed by atoms with van der Waals surface area (Å²) in [6.07, 6.45) is 4.11. The van der Waals surface area contributed by atoms with Crippen LogP contribution in [0, 0.1) is 5.92 Å². The molecule has 0 amide bonds. The monoisotopic (exact) mass is 278 g/mol. The fraction of sp³-hybridized carbons (Fsp3) is 0.556. The summed E-state index contributed by atoms with van der Waals surface area (Å²) in [5.74, 6) is 0.465. The second-order valence-corrected chi connectivity index (χ2v) is 4.48. The third kappa shape index (κ3) is 8.13. The molecule has 0 heterocycles. The van der Waals surface area contributed by atoms with Gasteiger partial charge in [-0.1, -0.05) is 62.8 Å². The first kappa shape index (κ1) is 18.9. The molecule has 1 atom stereocenters. The van der Waals surface area contributed by atoms with Gasteiger partial charge in [0, 0.05) is 5.92 Å². The number of rotatable bonds is 8. The normalized spacial score (nSPS) is 12.6. The summed E-state index contributed by atoms with van der Waals surface area (Å²) in [6.45, 7) is 11.6. The average Bonchev–Trinajstić information content (AvgIpc) is 2.53. The van der Waals surface area contributed by atoms with E-state index in [1.165, 1.54) is 11.1 Å². The first-order valence-corrected chi connectivity index (χ1v) is 7.69. The van der Waals surface area contributed by atoms with E-state index in [2.05, 4.69) is 39.0 Å². The van der Waals surface area contributed by atoms with Crippen molar-refractivity contribution >= 4 is 0 Å². The lowest BCUT2D eigenvalue weighted by atomic mass is 9.99. The van der Waals surface area contributed by atoms with Crippen molar-refractivity contribution in [3.8, 4) is 0 Å². The molecular formula is C18H30O2. The van der Waals surface area contributed by atoms with Crippen LogP contribution in [0.5, 0.6) is 0 Å². The molecule has 20 heavy (non-hydrogen) atoms. The average molecular weight is 278 g/mol. The highest BCUT2D eigenvalue weighted by molar-refractivity contribution is 5.14. The fourth-order valence-corrected chi connectivity index (χ4v) is 1.80. The molecule has 0 N–H and O–H groups in total. The largest absolute Gasteiger partial charge is 0.236 e. The standard InChI is InChI=1S/C16H24O2.C2H6/c1-4-14(3)16(5-2)13-18-17-12-11-15-9-7-6-8-10-15;1-2/h4,6-10,16H,5,11-13H2,1-3H3;1-2H3/b14-4-;. The zero-order chi connectivity index (χ0) is 15.2. The van der Waals surface area contributed by atoms with Gasteiger partial charge in [0.2, 0.25) is 0 Å². The SMILES string of the molecule is C/C=C(/C)C(CC)COOCCc1ccccc1.CC. The second kappa shape index (κ2) is 12.9. The smallest absolute Gasteiger partial charge is 0.0887 e. The molecule has 1 rings (SSSR count). The molecule has 1 aromatic rings. The molecule has 0 aliphatic rings. The number of allylic oxidation sites excluding steroid dienone is 1. The minimum Gasteiger partial charge on any atom is -0.236 e. The summed E-state index contributed by atoms with van der Waals surface area (Å²) in [5, 5.41) is 0. The van der Waals surface area contributed by atoms with Crippen molar-refractivity contribution in [1.29, 1.82) is 0 Å². The van der Waals surface area contributed by atoms with E-state index in [-0.39, 0.29) is 0 Å². The van der Waals surface area contributed by atoms with E-state index < -0.39 is 0 Å². The van der Waals surface area contributed by atoms with Crippen molar-refractivity contribution in [2.75, 3.05) is 13.2 Å². The van der Waals surface area contributed by atoms with Crippen molar-refractivity contribution in [3.63, 3.8) is 0 Å². The maximum absolute atomic E-state index is 5.29. The lowest BCUT2D eigenvalue weighted by Crippen LogP contribution is -2.11. The van der Waals surface area contributed by atoms with Crippen LogP contribution < -0.4 is 0 Å². The highest BCUT2D eigenvalue weighted by Crippen LogP contribution is 2.14. The van der Waals surface area contributed by atoms with Crippen LogP contribution in [-0.4, -0.2) is 13.2 Å². The summed E-state index contributed by atoms with van der Waals surface area (Å²) >= 11 is 0. The predicted octanol–water partition coefficient (Wildman–Crippen LogP) is 5.20. The number of benzene rings is 1. The van der Waals surface area contributed by atoms with Gasteiger partial charge in [-0.25, -0.2) is 9.78 Å². The maximum atomic E-state index is 5.29. The summed E-state index contributed by atoms with van der Waals surface area (Å²) in [6, 6.07) is 10.3. The summed E-state index contributed by atoms with van der Waals surface area (Å²) in [4.78, 5) is 10.5. The first-order chi connectivity index (χ1) is 9.77. The first-order valence-electron chi connectivity index (χ1n) is 7.69. The van der Waals surface area contributed by atoms with E-state index in [0.717, 1.165) is 12.8 Å². The van der Waals surface area contributed by atoms with Crippen molar-refractivity contribution in [2.24, 2.45) is 5.92 Å². The van der Waals surface area contributed by atoms with Crippen LogP contribution in [0.25, 0.3) is 0 Å². The van der Waals surface area contributed by atoms with E-state index >= 15 is 0 Å². The summed E-state index contributed by atoms with van der Waals surface area (Å²) in [7, 11) is 0. The Labute approximate surface area is 124 Å². The molecular weight excluding hydrogens is 248 g/mol. The lowest BCUT2D eigenvalue weighted by molar-refractivity contribution is -0.298. The Morgan fingerprint density at radius 1 is 1.15 bits per heavy atom. The Kier molecular flexibility index (Phi) is 12.2. The zero-order valence-corrected chi connectivity index (χ0v) is 13.7. The van der Waals surface area contributed by atoms with Gasteiger partial charge in [0.25, 0.3) is 0 Å². The van der Waals surface area contributed by atoms with Gasteiger partial charge < -0.3 is 0 Å². The molecule has 0 saturated heterocycles. The van der Waals surface area contributed by atoms with Crippen molar-refractivity contribution in [3.05, 3.63) is 47.5 Å². The Morgan fingerprint density at radius 2 is 1.80 bits per heavy atom. The third-order valence-electron chi connectivity index (χ3n) is 3.26. The van der Waals surface area contributed by atoms with Crippen molar-refractivity contribution < 1.29 is 9.78 Å². The Morgan fingerprint density at radius 3 is 2.35 bits per heavy atom. The van der Waals surface area contributed by atoms with Gasteiger partial charge >= 0.3 is 0 Å². The zero-order valence-electron chi connectivity index (χ0n) is 13.7. The number of hydrogen-bond acceptors (Lipinski definition) is 2. The molecule has 0 aliphatic carbocycles. The van der Waals surface area contributed by atoms with Crippen LogP contribution in [0.2, 0.25) is 0 Å². The van der Waals surface area contributed by atoms with E-state index in [9.17, 15) is 0 Å². The van der Waals surface area contributed by atoms with Gasteiger partial charge in [0.05, 0.1) is 13.2 Å². The Hall–Kier alpha value is -1.12. The molecule has 0 aromatic heterocycles. The van der Waals surface area contributed by atoms with Gasteiger partial charge in [-0.3, -0.25) is 0 Å². The molecule has 0 spiro atoms. The van der Waals surface area contributed by atoms with Gasteiger partial charge in [0.15, 0.2) is 0 Å². The molecule has 0 radical (unpaired) electrons. The van der Waals surface area contributed by atoms with E-state index in [0.29, 0.717) is 19.1 Å². The Balaban J connectivity index is 0.00000172. The molecule has 0 saturated carbocycles. The molecule has 0 aliphatic heterocycles. The molecule has 2 nitrogen and oxygen atoms in total. The summed E-state index contributed by atoms with van der Waals surface area (Å²) in [5.41, 5.74) is 2.64. The van der Waals surface area contributed by atoms with Gasteiger partial charge in [-0.2, -0.15) is 0 Å². The summed E-state index contributed by atoms with van der Waals surface area (Å²) < 4.78 is 0. The van der Waals surface area contributed by atoms with Crippen molar-refractivity contribution in [2.45, 2.75) is 47.5 Å². The molecule has 0 fully saturated rings. The maximum Gasteiger partial charge on any atom is 0.0887 e. The molecule has 1 aromatic carbocycles. The number of hydrogen-bond donors (Lipinski definition) is 0. The Bertz CT molecular complexity index is 344. The topological polar surface area (TPSA) is 18.5 Å². The lowest BCUT2D eigenvalue weighted by Gasteiger charge is -2.14. The minimum absolute atomic E-state index is 0.465. The highest BCUT2D eigenvalue weighted by Gasteiger charge is 2.08. The van der Waals surface area contributed by atoms with Gasteiger partial charge in [-0.15, -0.1) is 0 Å². The predicted molar refractivity (Wildman–Crippen MR) is 86.6 cm³/mol. The van der Waals surface area contributed by atoms with Crippen LogP contribution in [-0.2, 0) is 16.2 Å². The van der Waals surface area contributed by atoms with Crippen LogP contribution in [0.15, 0.2) is 42.0 Å². The quantitative estimate of drug-likeness (QED) is 0.282. The van der Waals surface area contributed by atoms with E-state index in [1.54, 1.807) is 0 Å². The van der Waals surface area contributed by atoms with E-state index in [4.69, 9.17) is 9.78 Å². The third-order valence-corrected chi connectivity index (χ3v) is 3.26. The molecule has 114 valence electrons. The second-order valence-electron chi connectivity index (χ2n) is 4.48. The van der Waals surface area contributed by atoms with Crippen LogP contribution in [0.3, 0.4) is 0 Å². The minimum atomic E-state index is 0.465. The molecule has 0 bridgehead atoms. The van der Waals surface area contributed by atoms with Gasteiger partial charge in [-0.05, 0) is 32.3 Å².